The van der Waals surface area contributed by atoms with Crippen molar-refractivity contribution in [3.8, 4) is 0 Å². The Balaban J connectivity index is 1.81. The first-order valence-electron chi connectivity index (χ1n) is 5.27. The largest absolute Gasteiger partial charge is 0.444 e. The maximum Gasteiger partial charge on any atom is 0.336 e. The van der Waals surface area contributed by atoms with Gasteiger partial charge in [0.15, 0.2) is 10.4 Å². The van der Waals surface area contributed by atoms with Crippen molar-refractivity contribution in [3.63, 3.8) is 0 Å². The Bertz CT molecular complexity index is 426. The lowest BCUT2D eigenvalue weighted by molar-refractivity contribution is 0.0902. The zero-order valence-corrected chi connectivity index (χ0v) is 10.6. The predicted molar refractivity (Wildman–Crippen MR) is 63.2 cm³/mol. The summed E-state index contributed by atoms with van der Waals surface area (Å²) in [4.78, 5) is 24.7. The molecule has 3 amide bonds. The molecule has 0 aromatic carbocycles. The first-order valence-corrected chi connectivity index (χ1v) is 6.07. The fourth-order valence-corrected chi connectivity index (χ4v) is 1.91. The van der Waals surface area contributed by atoms with Crippen LogP contribution in [0.5, 0.6) is 0 Å². The highest BCUT2D eigenvalue weighted by Crippen LogP contribution is 2.13. The van der Waals surface area contributed by atoms with Crippen molar-refractivity contribution in [1.29, 1.82) is 0 Å². The van der Waals surface area contributed by atoms with E-state index in [2.05, 4.69) is 26.8 Å². The van der Waals surface area contributed by atoms with E-state index < -0.39 is 5.91 Å². The lowest BCUT2D eigenvalue weighted by Crippen LogP contribution is -2.47. The van der Waals surface area contributed by atoms with Gasteiger partial charge in [-0.2, -0.15) is 0 Å². The normalized spacial score (nSPS) is 14.8. The second kappa shape index (κ2) is 5.22. The molecule has 1 aromatic heterocycles. The van der Waals surface area contributed by atoms with Crippen LogP contribution in [0.4, 0.5) is 4.79 Å². The van der Waals surface area contributed by atoms with Crippen molar-refractivity contribution >= 4 is 27.9 Å². The number of furan rings is 1. The molecule has 1 aromatic rings. The molecule has 0 atom stereocenters. The van der Waals surface area contributed by atoms with Gasteiger partial charge in [0.2, 0.25) is 0 Å². The second-order valence-electron chi connectivity index (χ2n) is 3.68. The highest BCUT2D eigenvalue weighted by Gasteiger charge is 2.18. The minimum absolute atomic E-state index is 0.138. The van der Waals surface area contributed by atoms with Crippen LogP contribution in [-0.2, 0) is 0 Å². The van der Waals surface area contributed by atoms with Gasteiger partial charge >= 0.3 is 11.9 Å². The first kappa shape index (κ1) is 12.0. The van der Waals surface area contributed by atoms with Gasteiger partial charge in [0.1, 0.15) is 0 Å². The third-order valence-corrected chi connectivity index (χ3v) is 2.90. The summed E-state index contributed by atoms with van der Waals surface area (Å²) in [6, 6.07) is 2.83. The molecule has 0 unspecified atom stereocenters. The summed E-state index contributed by atoms with van der Waals surface area (Å²) < 4.78 is 5.51. The quantitative estimate of drug-likeness (QED) is 0.772. The van der Waals surface area contributed by atoms with E-state index in [1.807, 2.05) is 0 Å². The molecule has 1 aliphatic heterocycles. The van der Waals surface area contributed by atoms with Gasteiger partial charge in [-0.25, -0.2) is 10.2 Å². The van der Waals surface area contributed by atoms with Gasteiger partial charge < -0.3 is 9.32 Å². The molecule has 17 heavy (non-hydrogen) atoms. The van der Waals surface area contributed by atoms with E-state index in [-0.39, 0.29) is 11.8 Å². The van der Waals surface area contributed by atoms with E-state index >= 15 is 0 Å². The monoisotopic (exact) mass is 301 g/mol. The number of nitrogens with zero attached hydrogens (tertiary/aromatic N) is 1. The van der Waals surface area contributed by atoms with Crippen molar-refractivity contribution in [2.45, 2.75) is 12.8 Å². The van der Waals surface area contributed by atoms with Crippen LogP contribution in [0.15, 0.2) is 21.2 Å². The van der Waals surface area contributed by atoms with Crippen molar-refractivity contribution in [2.24, 2.45) is 0 Å². The van der Waals surface area contributed by atoms with E-state index in [9.17, 15) is 9.59 Å². The van der Waals surface area contributed by atoms with Crippen LogP contribution in [-0.4, -0.2) is 29.9 Å². The van der Waals surface area contributed by atoms with Crippen molar-refractivity contribution < 1.29 is 14.0 Å². The number of hydrazine groups is 1. The number of likely N-dealkylation sites (tertiary alicyclic amines) is 1. The maximum atomic E-state index is 11.5. The third-order valence-electron chi connectivity index (χ3n) is 2.47. The Morgan fingerprint density at radius 3 is 2.53 bits per heavy atom. The van der Waals surface area contributed by atoms with Crippen molar-refractivity contribution in [2.75, 3.05) is 13.1 Å². The highest BCUT2D eigenvalue weighted by atomic mass is 79.9. The number of hydrogen-bond acceptors (Lipinski definition) is 3. The van der Waals surface area contributed by atoms with Crippen LogP contribution >= 0.6 is 15.9 Å². The Labute approximate surface area is 106 Å². The Kier molecular flexibility index (Phi) is 3.68. The van der Waals surface area contributed by atoms with E-state index in [0.717, 1.165) is 25.9 Å². The molecule has 0 spiro atoms. The summed E-state index contributed by atoms with van der Waals surface area (Å²) in [6.45, 7) is 1.46. The number of nitrogens with one attached hydrogen (secondary N) is 2. The molecule has 1 fully saturated rings. The molecule has 2 heterocycles. The van der Waals surface area contributed by atoms with Crippen LogP contribution in [0.1, 0.15) is 23.4 Å². The van der Waals surface area contributed by atoms with Crippen molar-refractivity contribution in [1.82, 2.24) is 15.8 Å². The zero-order chi connectivity index (χ0) is 12.3. The predicted octanol–water partition coefficient (Wildman–Crippen LogP) is 1.49. The molecule has 92 valence electrons. The second-order valence-corrected chi connectivity index (χ2v) is 4.46. The molecule has 0 radical (unpaired) electrons. The molecule has 7 heteroatoms. The van der Waals surface area contributed by atoms with Gasteiger partial charge in [-0.3, -0.25) is 10.2 Å². The van der Waals surface area contributed by atoms with Crippen molar-refractivity contribution in [3.05, 3.63) is 22.6 Å². The smallest absolute Gasteiger partial charge is 0.336 e. The maximum absolute atomic E-state index is 11.5. The van der Waals surface area contributed by atoms with Gasteiger partial charge in [0, 0.05) is 13.1 Å². The van der Waals surface area contributed by atoms with Crippen LogP contribution in [0.3, 0.4) is 0 Å². The van der Waals surface area contributed by atoms with E-state index in [4.69, 9.17) is 4.42 Å². The number of halogens is 1. The van der Waals surface area contributed by atoms with Gasteiger partial charge in [-0.1, -0.05) is 0 Å². The molecule has 6 nitrogen and oxygen atoms in total. The Morgan fingerprint density at radius 1 is 1.24 bits per heavy atom. The molecular weight excluding hydrogens is 290 g/mol. The van der Waals surface area contributed by atoms with Gasteiger partial charge in [-0.15, -0.1) is 0 Å². The summed E-state index contributed by atoms with van der Waals surface area (Å²) in [7, 11) is 0. The minimum atomic E-state index is -0.483. The topological polar surface area (TPSA) is 74.6 Å². The summed E-state index contributed by atoms with van der Waals surface area (Å²) >= 11 is 3.09. The van der Waals surface area contributed by atoms with Crippen LogP contribution in [0, 0.1) is 0 Å². The van der Waals surface area contributed by atoms with Crippen LogP contribution in [0.2, 0.25) is 0 Å². The highest BCUT2D eigenvalue weighted by molar-refractivity contribution is 9.10. The number of amides is 3. The number of carbonyl (C=O) groups excluding carboxylic acids is 2. The molecule has 0 saturated carbocycles. The fourth-order valence-electron chi connectivity index (χ4n) is 1.61. The minimum Gasteiger partial charge on any atom is -0.444 e. The zero-order valence-electron chi connectivity index (χ0n) is 9.03. The van der Waals surface area contributed by atoms with Crippen LogP contribution < -0.4 is 10.9 Å². The van der Waals surface area contributed by atoms with Crippen LogP contribution in [0.25, 0.3) is 0 Å². The molecular formula is C10H12BrN3O3. The lowest BCUT2D eigenvalue weighted by Gasteiger charge is -2.15. The number of carbonyl (C=O) groups is 2. The summed E-state index contributed by atoms with van der Waals surface area (Å²) in [6.07, 6.45) is 2.01. The summed E-state index contributed by atoms with van der Waals surface area (Å²) in [5, 5.41) is 0. The first-order chi connectivity index (χ1) is 8.16. The summed E-state index contributed by atoms with van der Waals surface area (Å²) in [5.41, 5.74) is 4.64. The fraction of sp³-hybridized carbons (Fsp3) is 0.400. The Morgan fingerprint density at radius 2 is 1.94 bits per heavy atom. The van der Waals surface area contributed by atoms with E-state index in [1.54, 1.807) is 11.0 Å². The number of urea groups is 1. The van der Waals surface area contributed by atoms with E-state index in [1.165, 1.54) is 6.07 Å². The average molecular weight is 302 g/mol. The SMILES string of the molecule is O=C(NNC(=O)N1CCCC1)c1ccc(Br)o1. The standard InChI is InChI=1S/C10H12BrN3O3/c11-8-4-3-7(17-8)9(15)12-13-10(16)14-5-1-2-6-14/h3-4H,1-2,5-6H2,(H,12,15)(H,13,16). The average Bonchev–Trinajstić information content (AvgIpc) is 2.95. The molecule has 0 aliphatic carbocycles. The van der Waals surface area contributed by atoms with Gasteiger partial charge in [-0.05, 0) is 40.9 Å². The molecule has 2 rings (SSSR count). The number of rotatable bonds is 1. The molecule has 1 saturated heterocycles. The Hall–Kier alpha value is -1.50. The third kappa shape index (κ3) is 3.00. The van der Waals surface area contributed by atoms with E-state index in [0.29, 0.717) is 4.67 Å². The lowest BCUT2D eigenvalue weighted by atomic mass is 10.4. The molecule has 1 aliphatic rings. The van der Waals surface area contributed by atoms with Gasteiger partial charge in [0.05, 0.1) is 0 Å². The van der Waals surface area contributed by atoms with Gasteiger partial charge in [0.25, 0.3) is 0 Å². The number of hydrogen-bond donors (Lipinski definition) is 2. The molecule has 2 N–H and O–H groups in total. The molecule has 0 bridgehead atoms. The summed E-state index contributed by atoms with van der Waals surface area (Å²) in [5.74, 6) is -0.346.